The fourth-order valence-corrected chi connectivity index (χ4v) is 5.48. The average Bonchev–Trinajstić information content (AvgIpc) is 3.26. The number of cyclic esters (lactones) is 1. The van der Waals surface area contributed by atoms with E-state index in [0.29, 0.717) is 5.69 Å². The largest absolute Gasteiger partial charge is 0.444 e. The van der Waals surface area contributed by atoms with Crippen molar-refractivity contribution < 1.29 is 32.7 Å². The summed E-state index contributed by atoms with van der Waals surface area (Å²) < 4.78 is 33.3. The van der Waals surface area contributed by atoms with Gasteiger partial charge in [0.2, 0.25) is 0 Å². The van der Waals surface area contributed by atoms with Gasteiger partial charge in [-0.3, -0.25) is 19.8 Å². The van der Waals surface area contributed by atoms with Gasteiger partial charge >= 0.3 is 6.09 Å². The van der Waals surface area contributed by atoms with Crippen LogP contribution < -0.4 is 10.4 Å². The van der Waals surface area contributed by atoms with Gasteiger partial charge in [-0.1, -0.05) is 36.4 Å². The number of hydrogen-bond donors (Lipinski definition) is 2. The van der Waals surface area contributed by atoms with E-state index in [9.17, 15) is 18.0 Å². The van der Waals surface area contributed by atoms with Gasteiger partial charge in [0.15, 0.2) is 14.6 Å². The van der Waals surface area contributed by atoms with Crippen LogP contribution in [-0.4, -0.2) is 87.0 Å². The predicted octanol–water partition coefficient (Wildman–Crippen LogP) is 2.25. The van der Waals surface area contributed by atoms with Crippen molar-refractivity contribution in [3.63, 3.8) is 0 Å². The molecule has 2 unspecified atom stereocenters. The first-order valence-corrected chi connectivity index (χ1v) is 14.1. The molecular formula is C26H33N3O7S. The van der Waals surface area contributed by atoms with Gasteiger partial charge in [-0.05, 0) is 42.2 Å². The van der Waals surface area contributed by atoms with E-state index in [1.54, 1.807) is 0 Å². The van der Waals surface area contributed by atoms with Crippen LogP contribution in [0, 0.1) is 0 Å². The molecule has 2 aliphatic rings. The van der Waals surface area contributed by atoms with Crippen molar-refractivity contribution in [1.29, 1.82) is 0 Å². The van der Waals surface area contributed by atoms with E-state index in [-0.39, 0.29) is 13.0 Å². The first-order valence-electron chi connectivity index (χ1n) is 12.2. The van der Waals surface area contributed by atoms with Crippen LogP contribution in [0.1, 0.15) is 18.9 Å². The third-order valence-electron chi connectivity index (χ3n) is 7.18. The van der Waals surface area contributed by atoms with Gasteiger partial charge in [-0.2, -0.15) is 0 Å². The molecule has 2 aromatic rings. The molecule has 11 heteroatoms. The van der Waals surface area contributed by atoms with Crippen LogP contribution in [0.15, 0.2) is 48.5 Å². The summed E-state index contributed by atoms with van der Waals surface area (Å²) in [5.74, 6) is -1.07. The van der Waals surface area contributed by atoms with Crippen molar-refractivity contribution in [1.82, 2.24) is 10.4 Å². The Balaban J connectivity index is 1.38. The van der Waals surface area contributed by atoms with Crippen molar-refractivity contribution in [3.05, 3.63) is 54.1 Å². The van der Waals surface area contributed by atoms with Crippen LogP contribution in [0.4, 0.5) is 10.5 Å². The van der Waals surface area contributed by atoms with Crippen molar-refractivity contribution in [3.8, 4) is 11.1 Å². The molecule has 0 radical (unpaired) electrons. The van der Waals surface area contributed by atoms with Gasteiger partial charge in [0.25, 0.3) is 5.91 Å². The normalized spacial score (nSPS) is 20.4. The zero-order chi connectivity index (χ0) is 26.6. The molecule has 200 valence electrons. The predicted molar refractivity (Wildman–Crippen MR) is 138 cm³/mol. The molecule has 0 aliphatic carbocycles. The maximum absolute atomic E-state index is 12.5. The smallest absolute Gasteiger partial charge is 0.414 e. The minimum absolute atomic E-state index is 0.0832. The van der Waals surface area contributed by atoms with Crippen LogP contribution in [0.2, 0.25) is 0 Å². The molecule has 37 heavy (non-hydrogen) atoms. The van der Waals surface area contributed by atoms with Gasteiger partial charge in [0.05, 0.1) is 19.8 Å². The molecule has 0 bridgehead atoms. The Hall–Kier alpha value is -2.99. The van der Waals surface area contributed by atoms with Crippen molar-refractivity contribution >= 4 is 27.5 Å². The number of sulfone groups is 1. The highest BCUT2D eigenvalue weighted by Crippen LogP contribution is 2.31. The number of rotatable bonds is 9. The highest BCUT2D eigenvalue weighted by atomic mass is 32.2. The molecule has 2 aliphatic heterocycles. The van der Waals surface area contributed by atoms with E-state index < -0.39 is 32.7 Å². The summed E-state index contributed by atoms with van der Waals surface area (Å²) in [6.45, 7) is 5.85. The Morgan fingerprint density at radius 1 is 1.08 bits per heavy atom. The Morgan fingerprint density at radius 2 is 1.68 bits per heavy atom. The summed E-state index contributed by atoms with van der Waals surface area (Å²) in [4.78, 5) is 28.4. The lowest BCUT2D eigenvalue weighted by atomic mass is 10.0. The number of morpholine rings is 1. The topological polar surface area (TPSA) is 125 Å². The quantitative estimate of drug-likeness (QED) is 0.373. The minimum Gasteiger partial charge on any atom is -0.444 e. The van der Waals surface area contributed by atoms with E-state index in [1.165, 1.54) is 22.9 Å². The Kier molecular flexibility index (Phi) is 8.17. The molecule has 2 atom stereocenters. The molecule has 4 rings (SSSR count). The van der Waals surface area contributed by atoms with E-state index in [2.05, 4.69) is 29.2 Å². The molecule has 10 nitrogen and oxygen atoms in total. The van der Waals surface area contributed by atoms with E-state index in [4.69, 9.17) is 14.7 Å². The lowest BCUT2D eigenvalue weighted by Crippen LogP contribution is -2.51. The summed E-state index contributed by atoms with van der Waals surface area (Å²) in [5, 5.41) is 9.02. The second kappa shape index (κ2) is 11.2. The lowest BCUT2D eigenvalue weighted by molar-refractivity contribution is -0.132. The van der Waals surface area contributed by atoms with Gasteiger partial charge in [0, 0.05) is 38.0 Å². The first-order chi connectivity index (χ1) is 17.6. The molecule has 2 N–H and O–H groups in total. The van der Waals surface area contributed by atoms with E-state index >= 15 is 0 Å². The zero-order valence-electron chi connectivity index (χ0n) is 21.1. The third kappa shape index (κ3) is 6.12. The summed E-state index contributed by atoms with van der Waals surface area (Å²) >= 11 is 0. The molecule has 2 fully saturated rings. The SMILES string of the molecule is CC(CC1CN(c2ccc(-c3ccc(CCN4CCOCC4)cc3)cc2)C(=O)O1)(C(=O)NO)S(C)(=O)=O. The van der Waals surface area contributed by atoms with Crippen LogP contribution >= 0.6 is 0 Å². The van der Waals surface area contributed by atoms with Crippen LogP contribution in [0.25, 0.3) is 11.1 Å². The van der Waals surface area contributed by atoms with Crippen LogP contribution in [-0.2, 0) is 30.5 Å². The average molecular weight is 532 g/mol. The van der Waals surface area contributed by atoms with Gasteiger partial charge < -0.3 is 9.47 Å². The number of amides is 2. The van der Waals surface area contributed by atoms with E-state index in [1.807, 2.05) is 24.3 Å². The highest BCUT2D eigenvalue weighted by Gasteiger charge is 2.48. The van der Waals surface area contributed by atoms with Gasteiger partial charge in [0.1, 0.15) is 6.10 Å². The Labute approximate surface area is 217 Å². The minimum atomic E-state index is -3.90. The van der Waals surface area contributed by atoms with Crippen LogP contribution in [0.5, 0.6) is 0 Å². The molecule has 2 amide bonds. The Morgan fingerprint density at radius 3 is 2.24 bits per heavy atom. The van der Waals surface area contributed by atoms with Crippen molar-refractivity contribution in [2.24, 2.45) is 0 Å². The van der Waals surface area contributed by atoms with Gasteiger partial charge in [-0.25, -0.2) is 18.7 Å². The molecule has 0 spiro atoms. The highest BCUT2D eigenvalue weighted by molar-refractivity contribution is 7.92. The molecule has 0 saturated carbocycles. The van der Waals surface area contributed by atoms with Crippen molar-refractivity contribution in [2.45, 2.75) is 30.6 Å². The number of benzene rings is 2. The molecule has 2 saturated heterocycles. The van der Waals surface area contributed by atoms with Crippen LogP contribution in [0.3, 0.4) is 0 Å². The molecular weight excluding hydrogens is 498 g/mol. The second-order valence-corrected chi connectivity index (χ2v) is 12.2. The summed E-state index contributed by atoms with van der Waals surface area (Å²) in [7, 11) is -3.90. The summed E-state index contributed by atoms with van der Waals surface area (Å²) in [6.07, 6.45) is 0.148. The number of hydrogen-bond acceptors (Lipinski definition) is 8. The fraction of sp³-hybridized carbons (Fsp3) is 0.462. The number of anilines is 1. The number of hydroxylamine groups is 1. The zero-order valence-corrected chi connectivity index (χ0v) is 21.9. The second-order valence-electron chi connectivity index (χ2n) is 9.71. The lowest BCUT2D eigenvalue weighted by Gasteiger charge is -2.26. The Bertz CT molecular complexity index is 1210. The van der Waals surface area contributed by atoms with Crippen molar-refractivity contribution in [2.75, 3.05) is 50.5 Å². The monoisotopic (exact) mass is 531 g/mol. The maximum Gasteiger partial charge on any atom is 0.414 e. The van der Waals surface area contributed by atoms with E-state index in [0.717, 1.165) is 56.7 Å². The molecule has 0 aromatic heterocycles. The fourth-order valence-electron chi connectivity index (χ4n) is 4.61. The first kappa shape index (κ1) is 27.1. The number of ether oxygens (including phenoxy) is 2. The number of carbonyl (C=O) groups excluding carboxylic acids is 2. The number of carbonyl (C=O) groups is 2. The molecule has 2 heterocycles. The summed E-state index contributed by atoms with van der Waals surface area (Å²) in [6, 6.07) is 15.9. The molecule has 2 aromatic carbocycles. The number of nitrogens with zero attached hydrogens (tertiary/aromatic N) is 2. The summed E-state index contributed by atoms with van der Waals surface area (Å²) in [5.41, 5.74) is 5.34. The van der Waals surface area contributed by atoms with Gasteiger partial charge in [-0.15, -0.1) is 0 Å². The maximum atomic E-state index is 12.5. The number of nitrogens with one attached hydrogen (secondary N) is 1. The standard InChI is InChI=1S/C26H33N3O7S/c1-26(24(30)27-32,37(2,33)34)17-23-18-29(25(31)36-23)22-9-7-21(8-10-22)20-5-3-19(4-6-20)11-12-28-13-15-35-16-14-28/h3-10,23,32H,11-18H2,1-2H3,(H,27,30). The third-order valence-corrected chi connectivity index (χ3v) is 9.17.